The highest BCUT2D eigenvalue weighted by atomic mass is 16.5. The number of amides is 1. The van der Waals surface area contributed by atoms with Gasteiger partial charge in [-0.2, -0.15) is 0 Å². The molecule has 1 saturated heterocycles. The quantitative estimate of drug-likeness (QED) is 0.714. The number of hydrogen-bond donors (Lipinski definition) is 1. The standard InChI is InChI=1S/C22H30N2O4/c1-26-20-10-8-17(15-21(20)27-2)9-11-22(25)23-16-18(19-7-6-14-28-19)24-12-4-3-5-13-24/h6-8,10,14-15,18H,3-5,9,11-13,16H2,1-2H3,(H,23,25). The van der Waals surface area contributed by atoms with Gasteiger partial charge in [0, 0.05) is 13.0 Å². The molecule has 2 aromatic rings. The van der Waals surface area contributed by atoms with E-state index in [0.29, 0.717) is 30.9 Å². The maximum atomic E-state index is 12.4. The third-order valence-corrected chi connectivity index (χ3v) is 5.28. The van der Waals surface area contributed by atoms with Crippen LogP contribution in [0.3, 0.4) is 0 Å². The van der Waals surface area contributed by atoms with Crippen molar-refractivity contribution in [1.29, 1.82) is 0 Å². The van der Waals surface area contributed by atoms with Gasteiger partial charge in [0.15, 0.2) is 11.5 Å². The first-order chi connectivity index (χ1) is 13.7. The fraction of sp³-hybridized carbons (Fsp3) is 0.500. The van der Waals surface area contributed by atoms with E-state index >= 15 is 0 Å². The summed E-state index contributed by atoms with van der Waals surface area (Å²) in [4.78, 5) is 14.8. The molecule has 3 rings (SSSR count). The monoisotopic (exact) mass is 386 g/mol. The maximum absolute atomic E-state index is 12.4. The van der Waals surface area contributed by atoms with Crippen LogP contribution in [0.2, 0.25) is 0 Å². The van der Waals surface area contributed by atoms with Crippen LogP contribution in [0.1, 0.15) is 43.0 Å². The summed E-state index contributed by atoms with van der Waals surface area (Å²) >= 11 is 0. The van der Waals surface area contributed by atoms with E-state index in [0.717, 1.165) is 24.4 Å². The molecule has 1 atom stereocenters. The number of nitrogens with zero attached hydrogens (tertiary/aromatic N) is 1. The van der Waals surface area contributed by atoms with Crippen LogP contribution in [0.25, 0.3) is 0 Å². The Kier molecular flexibility index (Phi) is 7.37. The maximum Gasteiger partial charge on any atom is 0.220 e. The van der Waals surface area contributed by atoms with Gasteiger partial charge >= 0.3 is 0 Å². The molecule has 6 nitrogen and oxygen atoms in total. The van der Waals surface area contributed by atoms with Gasteiger partial charge in [0.1, 0.15) is 5.76 Å². The molecule has 1 amide bonds. The van der Waals surface area contributed by atoms with E-state index in [1.165, 1.54) is 19.3 Å². The van der Waals surface area contributed by atoms with Gasteiger partial charge in [-0.25, -0.2) is 0 Å². The molecule has 2 heterocycles. The second-order valence-corrected chi connectivity index (χ2v) is 7.12. The molecule has 1 aliphatic heterocycles. The molecule has 152 valence electrons. The highest BCUT2D eigenvalue weighted by Crippen LogP contribution is 2.28. The summed E-state index contributed by atoms with van der Waals surface area (Å²) in [6.07, 6.45) is 6.46. The van der Waals surface area contributed by atoms with E-state index in [-0.39, 0.29) is 11.9 Å². The van der Waals surface area contributed by atoms with E-state index < -0.39 is 0 Å². The van der Waals surface area contributed by atoms with Crippen LogP contribution in [-0.2, 0) is 11.2 Å². The number of likely N-dealkylation sites (tertiary alicyclic amines) is 1. The molecule has 1 aromatic heterocycles. The van der Waals surface area contributed by atoms with Crippen LogP contribution in [0.15, 0.2) is 41.0 Å². The normalized spacial score (nSPS) is 15.8. The number of benzene rings is 1. The summed E-state index contributed by atoms with van der Waals surface area (Å²) < 4.78 is 16.2. The van der Waals surface area contributed by atoms with Crippen molar-refractivity contribution in [3.8, 4) is 11.5 Å². The van der Waals surface area contributed by atoms with Crippen molar-refractivity contribution < 1.29 is 18.7 Å². The zero-order valence-corrected chi connectivity index (χ0v) is 16.8. The van der Waals surface area contributed by atoms with Gasteiger partial charge in [-0.3, -0.25) is 9.69 Å². The molecule has 0 saturated carbocycles. The second-order valence-electron chi connectivity index (χ2n) is 7.12. The minimum Gasteiger partial charge on any atom is -0.493 e. The average molecular weight is 386 g/mol. The van der Waals surface area contributed by atoms with Crippen LogP contribution in [0, 0.1) is 0 Å². The number of furan rings is 1. The molecule has 0 radical (unpaired) electrons. The first kappa shape index (κ1) is 20.3. The van der Waals surface area contributed by atoms with Crippen molar-refractivity contribution in [2.75, 3.05) is 33.9 Å². The summed E-state index contributed by atoms with van der Waals surface area (Å²) in [7, 11) is 3.23. The molecule has 28 heavy (non-hydrogen) atoms. The van der Waals surface area contributed by atoms with E-state index in [9.17, 15) is 4.79 Å². The number of methoxy groups -OCH3 is 2. The Morgan fingerprint density at radius 1 is 1.14 bits per heavy atom. The number of carbonyl (C=O) groups is 1. The minimum absolute atomic E-state index is 0.0448. The zero-order valence-electron chi connectivity index (χ0n) is 16.8. The van der Waals surface area contributed by atoms with Gasteiger partial charge in [0.25, 0.3) is 0 Å². The lowest BCUT2D eigenvalue weighted by atomic mass is 10.1. The van der Waals surface area contributed by atoms with Crippen molar-refractivity contribution >= 4 is 5.91 Å². The Morgan fingerprint density at radius 3 is 2.61 bits per heavy atom. The molecule has 1 unspecified atom stereocenters. The van der Waals surface area contributed by atoms with Crippen LogP contribution in [0.5, 0.6) is 11.5 Å². The third-order valence-electron chi connectivity index (χ3n) is 5.28. The van der Waals surface area contributed by atoms with E-state index in [1.54, 1.807) is 20.5 Å². The molecular weight excluding hydrogens is 356 g/mol. The summed E-state index contributed by atoms with van der Waals surface area (Å²) in [5.74, 6) is 2.34. The summed E-state index contributed by atoms with van der Waals surface area (Å²) in [5, 5.41) is 3.09. The van der Waals surface area contributed by atoms with Gasteiger partial charge in [-0.05, 0) is 62.2 Å². The molecule has 0 spiro atoms. The SMILES string of the molecule is COc1ccc(CCC(=O)NCC(c2ccco2)N2CCCCC2)cc1OC. The zero-order chi connectivity index (χ0) is 19.8. The van der Waals surface area contributed by atoms with Crippen molar-refractivity contribution in [3.05, 3.63) is 47.9 Å². The lowest BCUT2D eigenvalue weighted by Crippen LogP contribution is -2.40. The summed E-state index contributed by atoms with van der Waals surface area (Å²) in [6.45, 7) is 2.66. The van der Waals surface area contributed by atoms with Crippen molar-refractivity contribution in [3.63, 3.8) is 0 Å². The lowest BCUT2D eigenvalue weighted by Gasteiger charge is -2.33. The Morgan fingerprint density at radius 2 is 1.93 bits per heavy atom. The lowest BCUT2D eigenvalue weighted by molar-refractivity contribution is -0.121. The summed E-state index contributed by atoms with van der Waals surface area (Å²) in [6, 6.07) is 9.76. The van der Waals surface area contributed by atoms with Crippen LogP contribution >= 0.6 is 0 Å². The molecular formula is C22H30N2O4. The highest BCUT2D eigenvalue weighted by Gasteiger charge is 2.24. The fourth-order valence-corrected chi connectivity index (χ4v) is 3.71. The van der Waals surface area contributed by atoms with Gasteiger partial charge < -0.3 is 19.2 Å². The number of nitrogens with one attached hydrogen (secondary N) is 1. The number of ether oxygens (including phenoxy) is 2. The number of piperidine rings is 1. The predicted molar refractivity (Wildman–Crippen MR) is 108 cm³/mol. The predicted octanol–water partition coefficient (Wildman–Crippen LogP) is 3.57. The topological polar surface area (TPSA) is 63.9 Å². The Balaban J connectivity index is 1.53. The number of carbonyl (C=O) groups excluding carboxylic acids is 1. The molecule has 1 N–H and O–H groups in total. The molecule has 6 heteroatoms. The van der Waals surface area contributed by atoms with Gasteiger partial charge in [0.05, 0.1) is 26.5 Å². The van der Waals surface area contributed by atoms with Gasteiger partial charge in [-0.1, -0.05) is 12.5 Å². The van der Waals surface area contributed by atoms with E-state index in [4.69, 9.17) is 13.9 Å². The number of aryl methyl sites for hydroxylation is 1. The molecule has 1 aliphatic rings. The Labute approximate surface area is 166 Å². The third kappa shape index (κ3) is 5.29. The van der Waals surface area contributed by atoms with E-state index in [1.807, 2.05) is 30.3 Å². The van der Waals surface area contributed by atoms with Crippen LogP contribution < -0.4 is 14.8 Å². The van der Waals surface area contributed by atoms with E-state index in [2.05, 4.69) is 10.2 Å². The van der Waals surface area contributed by atoms with Gasteiger partial charge in [0.2, 0.25) is 5.91 Å². The molecule has 0 aliphatic carbocycles. The first-order valence-electron chi connectivity index (χ1n) is 9.96. The molecule has 0 bridgehead atoms. The second kappa shape index (κ2) is 10.2. The molecule has 1 fully saturated rings. The largest absolute Gasteiger partial charge is 0.493 e. The Bertz CT molecular complexity index is 739. The summed E-state index contributed by atoms with van der Waals surface area (Å²) in [5.41, 5.74) is 1.05. The fourth-order valence-electron chi connectivity index (χ4n) is 3.71. The minimum atomic E-state index is 0.0448. The van der Waals surface area contributed by atoms with Crippen molar-refractivity contribution in [2.24, 2.45) is 0 Å². The number of rotatable bonds is 9. The average Bonchev–Trinajstić information content (AvgIpc) is 3.27. The van der Waals surface area contributed by atoms with Crippen LogP contribution in [-0.4, -0.2) is 44.7 Å². The van der Waals surface area contributed by atoms with Gasteiger partial charge in [-0.15, -0.1) is 0 Å². The van der Waals surface area contributed by atoms with Crippen molar-refractivity contribution in [2.45, 2.75) is 38.1 Å². The van der Waals surface area contributed by atoms with Crippen LogP contribution in [0.4, 0.5) is 0 Å². The highest BCUT2D eigenvalue weighted by molar-refractivity contribution is 5.76. The molecule has 1 aromatic carbocycles. The smallest absolute Gasteiger partial charge is 0.220 e. The first-order valence-corrected chi connectivity index (χ1v) is 9.96. The Hall–Kier alpha value is -2.47. The van der Waals surface area contributed by atoms with Crippen molar-refractivity contribution in [1.82, 2.24) is 10.2 Å². The number of hydrogen-bond acceptors (Lipinski definition) is 5.